The van der Waals surface area contributed by atoms with Gasteiger partial charge < -0.3 is 8.85 Å². The minimum atomic E-state index is -2.60. The van der Waals surface area contributed by atoms with Crippen molar-refractivity contribution in [3.8, 4) is 0 Å². The van der Waals surface area contributed by atoms with Crippen LogP contribution in [0.4, 0.5) is 0 Å². The van der Waals surface area contributed by atoms with Gasteiger partial charge in [-0.25, -0.2) is 4.80 Å². The second kappa shape index (κ2) is 6.60. The Morgan fingerprint density at radius 2 is 1.42 bits per heavy atom. The number of hydrogen-bond donors (Lipinski definition) is 0. The first kappa shape index (κ1) is 12.1. The van der Waals surface area contributed by atoms with E-state index in [0.717, 1.165) is 12.8 Å². The van der Waals surface area contributed by atoms with Crippen LogP contribution in [-0.4, -0.2) is 21.7 Å². The molecular formula is C8H19O3Si. The van der Waals surface area contributed by atoms with Gasteiger partial charge in [0.25, 0.3) is 0 Å². The summed E-state index contributed by atoms with van der Waals surface area (Å²) < 4.78 is 10.3. The summed E-state index contributed by atoms with van der Waals surface area (Å²) >= 11 is 0. The molecule has 2 atom stereocenters. The van der Waals surface area contributed by atoms with Gasteiger partial charge in [0.2, 0.25) is 0 Å². The van der Waals surface area contributed by atoms with E-state index in [9.17, 15) is 4.80 Å². The summed E-state index contributed by atoms with van der Waals surface area (Å²) in [7, 11) is -2.60. The second-order valence-corrected chi connectivity index (χ2v) is 4.12. The highest BCUT2D eigenvalue weighted by Gasteiger charge is 2.17. The lowest BCUT2D eigenvalue weighted by Gasteiger charge is -2.17. The summed E-state index contributed by atoms with van der Waals surface area (Å²) in [6, 6.07) is 0. The monoisotopic (exact) mass is 191 g/mol. The van der Waals surface area contributed by atoms with Crippen LogP contribution in [0.1, 0.15) is 40.5 Å². The summed E-state index contributed by atoms with van der Waals surface area (Å²) in [5, 5.41) is 0. The molecule has 0 aromatic carbocycles. The Labute approximate surface area is 76.7 Å². The topological polar surface area (TPSA) is 38.4 Å². The van der Waals surface area contributed by atoms with Crippen LogP contribution in [0.15, 0.2) is 0 Å². The van der Waals surface area contributed by atoms with Gasteiger partial charge in [0.1, 0.15) is 0 Å². The van der Waals surface area contributed by atoms with E-state index >= 15 is 0 Å². The van der Waals surface area contributed by atoms with Crippen molar-refractivity contribution >= 4 is 9.53 Å². The Morgan fingerprint density at radius 3 is 1.67 bits per heavy atom. The van der Waals surface area contributed by atoms with Gasteiger partial charge in [-0.3, -0.25) is 0 Å². The highest BCUT2D eigenvalue weighted by Crippen LogP contribution is 2.03. The average molecular weight is 191 g/mol. The summed E-state index contributed by atoms with van der Waals surface area (Å²) in [4.78, 5) is 11.2. The van der Waals surface area contributed by atoms with Crippen molar-refractivity contribution in [2.24, 2.45) is 0 Å². The van der Waals surface area contributed by atoms with Gasteiger partial charge >= 0.3 is 9.53 Å². The molecule has 0 saturated heterocycles. The predicted molar refractivity (Wildman–Crippen MR) is 49.5 cm³/mol. The fourth-order valence-electron chi connectivity index (χ4n) is 0.604. The third-order valence-corrected chi connectivity index (χ3v) is 3.21. The maximum atomic E-state index is 11.2. The first-order valence-corrected chi connectivity index (χ1v) is 5.98. The molecule has 0 N–H and O–H groups in total. The van der Waals surface area contributed by atoms with E-state index in [2.05, 4.69) is 0 Å². The lowest BCUT2D eigenvalue weighted by atomic mass is 10.3. The normalized spacial score (nSPS) is 18.8. The quantitative estimate of drug-likeness (QED) is 0.600. The maximum Gasteiger partial charge on any atom is 0.513 e. The molecule has 3 nitrogen and oxygen atoms in total. The molecular weight excluding hydrogens is 172 g/mol. The lowest BCUT2D eigenvalue weighted by Crippen LogP contribution is -2.29. The Kier molecular flexibility index (Phi) is 6.65. The molecule has 4 heteroatoms. The average Bonchev–Trinajstić information content (AvgIpc) is 2.03. The van der Waals surface area contributed by atoms with Crippen LogP contribution < -0.4 is 0 Å². The zero-order chi connectivity index (χ0) is 9.56. The minimum Gasteiger partial charge on any atom is -0.372 e. The van der Waals surface area contributed by atoms with Crippen LogP contribution in [0.25, 0.3) is 0 Å². The largest absolute Gasteiger partial charge is 0.513 e. The van der Waals surface area contributed by atoms with E-state index in [0.29, 0.717) is 0 Å². The predicted octanol–water partition coefficient (Wildman–Crippen LogP) is 1.76. The van der Waals surface area contributed by atoms with Crippen LogP contribution in [0, 0.1) is 0 Å². The van der Waals surface area contributed by atoms with Crippen LogP contribution in [0.3, 0.4) is 0 Å². The molecule has 0 aromatic heterocycles. The molecule has 0 spiro atoms. The van der Waals surface area contributed by atoms with Gasteiger partial charge in [0.15, 0.2) is 0 Å². The van der Waals surface area contributed by atoms with Crippen molar-refractivity contribution in [3.05, 3.63) is 0 Å². The molecule has 73 valence electrons. The summed E-state index contributed by atoms with van der Waals surface area (Å²) in [5.74, 6) is 0. The molecule has 0 rings (SSSR count). The first-order valence-electron chi connectivity index (χ1n) is 4.56. The SMILES string of the molecule is CCC(C)O[SiH]([O])OC(C)CC. The van der Waals surface area contributed by atoms with E-state index in [1.54, 1.807) is 0 Å². The van der Waals surface area contributed by atoms with E-state index < -0.39 is 9.53 Å². The molecule has 0 aliphatic carbocycles. The Hall–Kier alpha value is 0.0969. The lowest BCUT2D eigenvalue weighted by molar-refractivity contribution is 0.0466. The van der Waals surface area contributed by atoms with E-state index in [4.69, 9.17) is 8.85 Å². The highest BCUT2D eigenvalue weighted by molar-refractivity contribution is 6.34. The third kappa shape index (κ3) is 5.71. The molecule has 0 bridgehead atoms. The molecule has 12 heavy (non-hydrogen) atoms. The zero-order valence-electron chi connectivity index (χ0n) is 8.37. The molecule has 0 aliphatic heterocycles. The second-order valence-electron chi connectivity index (χ2n) is 3.00. The molecule has 0 aromatic rings. The fraction of sp³-hybridized carbons (Fsp3) is 1.00. The van der Waals surface area contributed by atoms with Gasteiger partial charge in [0.05, 0.1) is 0 Å². The van der Waals surface area contributed by atoms with Gasteiger partial charge in [-0.05, 0) is 26.7 Å². The number of hydrogen-bond acceptors (Lipinski definition) is 2. The Morgan fingerprint density at radius 1 is 1.08 bits per heavy atom. The van der Waals surface area contributed by atoms with Gasteiger partial charge in [-0.2, -0.15) is 0 Å². The highest BCUT2D eigenvalue weighted by atomic mass is 28.3. The molecule has 2 unspecified atom stereocenters. The number of rotatable bonds is 6. The molecule has 0 fully saturated rings. The standard InChI is InChI=1S/C8H19O3Si/c1-5-7(3)10-12(9)11-8(4)6-2/h7-8,12H,5-6H2,1-4H3. The summed E-state index contributed by atoms with van der Waals surface area (Å²) in [5.41, 5.74) is 0. The third-order valence-electron chi connectivity index (χ3n) is 1.84. The van der Waals surface area contributed by atoms with Crippen molar-refractivity contribution in [2.45, 2.75) is 52.7 Å². The summed E-state index contributed by atoms with van der Waals surface area (Å²) in [6.45, 7) is 7.79. The Balaban J connectivity index is 3.51. The maximum absolute atomic E-state index is 11.2. The van der Waals surface area contributed by atoms with Crippen LogP contribution >= 0.6 is 0 Å². The van der Waals surface area contributed by atoms with Gasteiger partial charge in [-0.15, -0.1) is 0 Å². The summed E-state index contributed by atoms with van der Waals surface area (Å²) in [6.07, 6.45) is 1.83. The smallest absolute Gasteiger partial charge is 0.372 e. The molecule has 0 amide bonds. The van der Waals surface area contributed by atoms with Crippen molar-refractivity contribution < 1.29 is 13.6 Å². The van der Waals surface area contributed by atoms with Gasteiger partial charge in [-0.1, -0.05) is 13.8 Å². The van der Waals surface area contributed by atoms with Crippen molar-refractivity contribution in [1.29, 1.82) is 0 Å². The minimum absolute atomic E-state index is 0.0447. The van der Waals surface area contributed by atoms with Crippen molar-refractivity contribution in [1.82, 2.24) is 0 Å². The van der Waals surface area contributed by atoms with E-state index in [-0.39, 0.29) is 12.2 Å². The van der Waals surface area contributed by atoms with Crippen LogP contribution in [0.5, 0.6) is 0 Å². The van der Waals surface area contributed by atoms with Crippen LogP contribution in [-0.2, 0) is 13.6 Å². The van der Waals surface area contributed by atoms with E-state index in [1.807, 2.05) is 27.7 Å². The fourth-order valence-corrected chi connectivity index (χ4v) is 1.81. The molecule has 0 aliphatic rings. The molecule has 0 saturated carbocycles. The van der Waals surface area contributed by atoms with E-state index in [1.165, 1.54) is 0 Å². The molecule has 1 radical (unpaired) electrons. The van der Waals surface area contributed by atoms with Gasteiger partial charge in [0, 0.05) is 12.2 Å². The molecule has 0 heterocycles. The van der Waals surface area contributed by atoms with Crippen LogP contribution in [0.2, 0.25) is 0 Å². The Bertz CT molecular complexity index is 98.5. The zero-order valence-corrected chi connectivity index (χ0v) is 9.53. The van der Waals surface area contributed by atoms with Crippen molar-refractivity contribution in [2.75, 3.05) is 0 Å². The first-order chi connectivity index (χ1) is 5.60. The van der Waals surface area contributed by atoms with Crippen molar-refractivity contribution in [3.63, 3.8) is 0 Å².